The van der Waals surface area contributed by atoms with Gasteiger partial charge in [-0.25, -0.2) is 4.98 Å². The molecule has 7 nitrogen and oxygen atoms in total. The van der Waals surface area contributed by atoms with Crippen LogP contribution in [0.15, 0.2) is 58.1 Å². The lowest BCUT2D eigenvalue weighted by molar-refractivity contribution is 0.419. The Morgan fingerprint density at radius 3 is 2.95 bits per heavy atom. The maximum Gasteiger partial charge on any atom is 0.274 e. The Kier molecular flexibility index (Phi) is 2.82. The summed E-state index contributed by atoms with van der Waals surface area (Å²) in [6.07, 6.45) is 1.74. The molecule has 3 aromatic heterocycles. The van der Waals surface area contributed by atoms with E-state index in [0.29, 0.717) is 18.1 Å². The number of benzene rings is 1. The Labute approximate surface area is 124 Å². The first-order valence-corrected chi connectivity index (χ1v) is 6.72. The molecule has 3 heterocycles. The fourth-order valence-corrected chi connectivity index (χ4v) is 2.29. The van der Waals surface area contributed by atoms with Crippen LogP contribution >= 0.6 is 0 Å². The molecular formula is C15H11N5O2. The van der Waals surface area contributed by atoms with Gasteiger partial charge in [0.05, 0.1) is 23.9 Å². The van der Waals surface area contributed by atoms with Crippen LogP contribution in [0, 0.1) is 0 Å². The molecular weight excluding hydrogens is 282 g/mol. The van der Waals surface area contributed by atoms with E-state index in [2.05, 4.69) is 20.1 Å². The average molecular weight is 293 g/mol. The molecule has 22 heavy (non-hydrogen) atoms. The van der Waals surface area contributed by atoms with Crippen molar-refractivity contribution < 1.29 is 4.52 Å². The van der Waals surface area contributed by atoms with Crippen molar-refractivity contribution in [3.05, 3.63) is 65.0 Å². The van der Waals surface area contributed by atoms with Crippen LogP contribution in [0.3, 0.4) is 0 Å². The van der Waals surface area contributed by atoms with Crippen molar-refractivity contribution in [2.45, 2.75) is 6.54 Å². The second-order valence-electron chi connectivity index (χ2n) is 4.81. The van der Waals surface area contributed by atoms with Gasteiger partial charge in [-0.05, 0) is 18.2 Å². The SMILES string of the molecule is O=c1cccc(-c2nc(Cn3cnc4ccccc43)no2)[nH]1. The van der Waals surface area contributed by atoms with Crippen molar-refractivity contribution in [1.82, 2.24) is 24.7 Å². The van der Waals surface area contributed by atoms with Crippen molar-refractivity contribution in [2.24, 2.45) is 0 Å². The number of rotatable bonds is 3. The highest BCUT2D eigenvalue weighted by molar-refractivity contribution is 5.74. The molecule has 0 saturated heterocycles. The summed E-state index contributed by atoms with van der Waals surface area (Å²) < 4.78 is 7.14. The van der Waals surface area contributed by atoms with Gasteiger partial charge in [0.15, 0.2) is 5.82 Å². The Hall–Kier alpha value is -3.22. The zero-order valence-corrected chi connectivity index (χ0v) is 11.4. The lowest BCUT2D eigenvalue weighted by Gasteiger charge is -1.98. The summed E-state index contributed by atoms with van der Waals surface area (Å²) in [5.74, 6) is 0.806. The summed E-state index contributed by atoms with van der Waals surface area (Å²) in [5.41, 5.74) is 2.21. The van der Waals surface area contributed by atoms with E-state index in [-0.39, 0.29) is 11.4 Å². The third-order valence-corrected chi connectivity index (χ3v) is 3.31. The zero-order chi connectivity index (χ0) is 14.9. The standard InChI is InChI=1S/C15H11N5O2/c21-14-7-3-5-11(17-14)15-18-13(19-22-15)8-20-9-16-10-4-1-2-6-12(10)20/h1-7,9H,8H2,(H,17,21). The van der Waals surface area contributed by atoms with Crippen molar-refractivity contribution in [3.8, 4) is 11.6 Å². The number of nitrogens with one attached hydrogen (secondary N) is 1. The number of nitrogens with zero attached hydrogens (tertiary/aromatic N) is 4. The van der Waals surface area contributed by atoms with E-state index in [4.69, 9.17) is 4.52 Å². The maximum atomic E-state index is 11.3. The van der Waals surface area contributed by atoms with Gasteiger partial charge in [0, 0.05) is 6.07 Å². The predicted molar refractivity (Wildman–Crippen MR) is 79.2 cm³/mol. The fraction of sp³-hybridized carbons (Fsp3) is 0.0667. The molecule has 0 aliphatic carbocycles. The minimum atomic E-state index is -0.210. The van der Waals surface area contributed by atoms with Crippen LogP contribution in [0.4, 0.5) is 0 Å². The van der Waals surface area contributed by atoms with Gasteiger partial charge in [0.1, 0.15) is 5.69 Å². The monoisotopic (exact) mass is 293 g/mol. The van der Waals surface area contributed by atoms with Crippen molar-refractivity contribution in [2.75, 3.05) is 0 Å². The number of aromatic amines is 1. The normalized spacial score (nSPS) is 11.1. The summed E-state index contributed by atoms with van der Waals surface area (Å²) >= 11 is 0. The number of imidazole rings is 1. The fourth-order valence-electron chi connectivity index (χ4n) is 2.29. The summed E-state index contributed by atoms with van der Waals surface area (Å²) in [6, 6.07) is 12.6. The molecule has 0 unspecified atom stereocenters. The lowest BCUT2D eigenvalue weighted by Crippen LogP contribution is -2.04. The van der Waals surface area contributed by atoms with Crippen LogP contribution in [-0.4, -0.2) is 24.7 Å². The van der Waals surface area contributed by atoms with Crippen molar-refractivity contribution >= 4 is 11.0 Å². The maximum absolute atomic E-state index is 11.3. The Bertz CT molecular complexity index is 998. The van der Waals surface area contributed by atoms with Gasteiger partial charge in [-0.1, -0.05) is 23.4 Å². The van der Waals surface area contributed by atoms with Crippen molar-refractivity contribution in [3.63, 3.8) is 0 Å². The number of H-pyrrole nitrogens is 1. The molecule has 0 aliphatic heterocycles. The van der Waals surface area contributed by atoms with Crippen molar-refractivity contribution in [1.29, 1.82) is 0 Å². The third-order valence-electron chi connectivity index (χ3n) is 3.31. The second-order valence-corrected chi connectivity index (χ2v) is 4.81. The van der Waals surface area contributed by atoms with E-state index in [9.17, 15) is 4.79 Å². The average Bonchev–Trinajstić information content (AvgIpc) is 3.16. The van der Waals surface area contributed by atoms with E-state index in [1.54, 1.807) is 18.5 Å². The number of para-hydroxylation sites is 2. The first-order valence-electron chi connectivity index (χ1n) is 6.72. The van der Waals surface area contributed by atoms with Gasteiger partial charge >= 0.3 is 0 Å². The molecule has 0 fully saturated rings. The minimum Gasteiger partial charge on any atom is -0.332 e. The zero-order valence-electron chi connectivity index (χ0n) is 11.4. The summed E-state index contributed by atoms with van der Waals surface area (Å²) in [7, 11) is 0. The molecule has 0 aliphatic rings. The molecule has 1 N–H and O–H groups in total. The first-order chi connectivity index (χ1) is 10.8. The third kappa shape index (κ3) is 2.18. The van der Waals surface area contributed by atoms with Crippen LogP contribution in [0.25, 0.3) is 22.6 Å². The van der Waals surface area contributed by atoms with E-state index in [1.165, 1.54) is 6.07 Å². The van der Waals surface area contributed by atoms with Crippen LogP contribution < -0.4 is 5.56 Å². The molecule has 0 spiro atoms. The molecule has 7 heteroatoms. The Morgan fingerprint density at radius 2 is 2.05 bits per heavy atom. The summed E-state index contributed by atoms with van der Waals surface area (Å²) in [4.78, 5) is 22.6. The van der Waals surface area contributed by atoms with E-state index in [1.807, 2.05) is 28.8 Å². The van der Waals surface area contributed by atoms with Gasteiger partial charge in [-0.2, -0.15) is 4.98 Å². The van der Waals surface area contributed by atoms with Crippen LogP contribution in [0.5, 0.6) is 0 Å². The summed E-state index contributed by atoms with van der Waals surface area (Å²) in [5, 5.41) is 3.95. The number of hydrogen-bond donors (Lipinski definition) is 1. The van der Waals surface area contributed by atoms with E-state index >= 15 is 0 Å². The van der Waals surface area contributed by atoms with Crippen LogP contribution in [0.1, 0.15) is 5.82 Å². The second kappa shape index (κ2) is 4.96. The molecule has 0 atom stereocenters. The number of pyridine rings is 1. The molecule has 0 bridgehead atoms. The molecule has 0 radical (unpaired) electrons. The largest absolute Gasteiger partial charge is 0.332 e. The highest BCUT2D eigenvalue weighted by Crippen LogP contribution is 2.15. The number of aromatic nitrogens is 5. The molecule has 4 aromatic rings. The van der Waals surface area contributed by atoms with E-state index < -0.39 is 0 Å². The first kappa shape index (κ1) is 12.5. The topological polar surface area (TPSA) is 89.6 Å². The van der Waals surface area contributed by atoms with Crippen LogP contribution in [0.2, 0.25) is 0 Å². The van der Waals surface area contributed by atoms with Gasteiger partial charge in [-0.15, -0.1) is 0 Å². The van der Waals surface area contributed by atoms with Crippen LogP contribution in [-0.2, 0) is 6.54 Å². The molecule has 1 aromatic carbocycles. The Morgan fingerprint density at radius 1 is 1.14 bits per heavy atom. The Balaban J connectivity index is 1.66. The summed E-state index contributed by atoms with van der Waals surface area (Å²) in [6.45, 7) is 0.446. The quantitative estimate of drug-likeness (QED) is 0.622. The lowest BCUT2D eigenvalue weighted by atomic mass is 10.3. The molecule has 4 rings (SSSR count). The minimum absolute atomic E-state index is 0.210. The highest BCUT2D eigenvalue weighted by Gasteiger charge is 2.11. The molecule has 0 saturated carbocycles. The highest BCUT2D eigenvalue weighted by atomic mass is 16.5. The number of hydrogen-bond acceptors (Lipinski definition) is 5. The van der Waals surface area contributed by atoms with Gasteiger partial charge in [0.2, 0.25) is 5.56 Å². The predicted octanol–water partition coefficient (Wildman–Crippen LogP) is 1.82. The molecule has 108 valence electrons. The van der Waals surface area contributed by atoms with Gasteiger partial charge in [-0.3, -0.25) is 4.79 Å². The smallest absolute Gasteiger partial charge is 0.274 e. The van der Waals surface area contributed by atoms with Gasteiger partial charge < -0.3 is 14.1 Å². The van der Waals surface area contributed by atoms with E-state index in [0.717, 1.165) is 11.0 Å². The van der Waals surface area contributed by atoms with Gasteiger partial charge in [0.25, 0.3) is 5.89 Å². The molecule has 0 amide bonds. The number of fused-ring (bicyclic) bond motifs is 1.